The average molecular weight is 325 g/mol. The van der Waals surface area contributed by atoms with Crippen molar-refractivity contribution in [2.24, 2.45) is 0 Å². The highest BCUT2D eigenvalue weighted by Crippen LogP contribution is 2.21. The molecule has 0 radical (unpaired) electrons. The van der Waals surface area contributed by atoms with E-state index >= 15 is 0 Å². The van der Waals surface area contributed by atoms with Gasteiger partial charge in [-0.05, 0) is 63.1 Å². The molecule has 1 heterocycles. The fraction of sp³-hybridized carbons (Fsp3) is 0.412. The molecule has 0 unspecified atom stereocenters. The Hall–Kier alpha value is -0.960. The Kier molecular flexibility index (Phi) is 5.74. The third-order valence-corrected chi connectivity index (χ3v) is 4.48. The Morgan fingerprint density at radius 3 is 2.48 bits per heavy atom. The molecule has 2 rings (SSSR count). The molecule has 21 heavy (non-hydrogen) atoms. The number of rotatable bonds is 6. The molecular formula is C17H22Cl2N2. The van der Waals surface area contributed by atoms with Gasteiger partial charge in [0.05, 0.1) is 0 Å². The number of hydrogen-bond acceptors (Lipinski definition) is 1. The first-order valence-electron chi connectivity index (χ1n) is 7.33. The van der Waals surface area contributed by atoms with E-state index in [0.717, 1.165) is 36.6 Å². The first kappa shape index (κ1) is 16.4. The maximum absolute atomic E-state index is 6.18. The number of benzene rings is 1. The third-order valence-electron chi connectivity index (χ3n) is 3.90. The lowest BCUT2D eigenvalue weighted by molar-refractivity contribution is 0.672. The molecule has 0 saturated carbocycles. The maximum Gasteiger partial charge on any atom is 0.0453 e. The van der Waals surface area contributed by atoms with E-state index in [4.69, 9.17) is 23.2 Å². The fourth-order valence-electron chi connectivity index (χ4n) is 2.71. The van der Waals surface area contributed by atoms with E-state index in [-0.39, 0.29) is 0 Å². The van der Waals surface area contributed by atoms with Crippen molar-refractivity contribution < 1.29 is 0 Å². The molecule has 0 atom stereocenters. The first-order chi connectivity index (χ1) is 10.0. The van der Waals surface area contributed by atoms with Gasteiger partial charge >= 0.3 is 0 Å². The van der Waals surface area contributed by atoms with Gasteiger partial charge < -0.3 is 9.88 Å². The van der Waals surface area contributed by atoms with Crippen molar-refractivity contribution in [3.05, 3.63) is 56.8 Å². The van der Waals surface area contributed by atoms with Crippen molar-refractivity contribution in [3.63, 3.8) is 0 Å². The number of hydrogen-bond donors (Lipinski definition) is 1. The van der Waals surface area contributed by atoms with Crippen molar-refractivity contribution >= 4 is 23.2 Å². The van der Waals surface area contributed by atoms with Gasteiger partial charge in [0.1, 0.15) is 0 Å². The topological polar surface area (TPSA) is 17.0 Å². The average Bonchev–Trinajstić information content (AvgIpc) is 2.71. The third kappa shape index (κ3) is 4.03. The summed E-state index contributed by atoms with van der Waals surface area (Å²) in [6, 6.07) is 7.95. The van der Waals surface area contributed by atoms with Crippen molar-refractivity contribution in [2.75, 3.05) is 6.54 Å². The molecule has 0 aliphatic heterocycles. The van der Waals surface area contributed by atoms with Crippen LogP contribution >= 0.6 is 23.2 Å². The molecule has 2 aromatic rings. The zero-order valence-electron chi connectivity index (χ0n) is 12.8. The molecule has 2 nitrogen and oxygen atoms in total. The summed E-state index contributed by atoms with van der Waals surface area (Å²) in [6.07, 6.45) is 0.905. The summed E-state index contributed by atoms with van der Waals surface area (Å²) in [4.78, 5) is 0. The molecule has 114 valence electrons. The molecule has 0 aliphatic rings. The molecule has 1 N–H and O–H groups in total. The van der Waals surface area contributed by atoms with E-state index in [2.05, 4.69) is 36.7 Å². The number of nitrogens with zero attached hydrogens (tertiary/aromatic N) is 1. The van der Waals surface area contributed by atoms with Crippen LogP contribution in [0.4, 0.5) is 0 Å². The second-order valence-corrected chi connectivity index (χ2v) is 6.15. The van der Waals surface area contributed by atoms with Crippen LogP contribution in [-0.4, -0.2) is 11.1 Å². The summed E-state index contributed by atoms with van der Waals surface area (Å²) >= 11 is 12.1. The second kappa shape index (κ2) is 7.35. The van der Waals surface area contributed by atoms with Crippen LogP contribution in [0.2, 0.25) is 10.0 Å². The lowest BCUT2D eigenvalue weighted by Gasteiger charge is -2.08. The molecule has 0 spiro atoms. The smallest absolute Gasteiger partial charge is 0.0453 e. The molecule has 4 heteroatoms. The van der Waals surface area contributed by atoms with Crippen LogP contribution in [0.15, 0.2) is 24.3 Å². The minimum Gasteiger partial charge on any atom is -0.349 e. The van der Waals surface area contributed by atoms with Gasteiger partial charge in [0.15, 0.2) is 0 Å². The summed E-state index contributed by atoms with van der Waals surface area (Å²) in [7, 11) is 0. The Morgan fingerprint density at radius 1 is 1.10 bits per heavy atom. The van der Waals surface area contributed by atoms with Gasteiger partial charge in [0.25, 0.3) is 0 Å². The zero-order valence-corrected chi connectivity index (χ0v) is 14.4. The van der Waals surface area contributed by atoms with Crippen LogP contribution in [0.5, 0.6) is 0 Å². The van der Waals surface area contributed by atoms with E-state index in [9.17, 15) is 0 Å². The molecule has 0 aliphatic carbocycles. The highest BCUT2D eigenvalue weighted by atomic mass is 35.5. The Labute approximate surface area is 137 Å². The van der Waals surface area contributed by atoms with E-state index in [0.29, 0.717) is 5.02 Å². The molecule has 0 amide bonds. The zero-order chi connectivity index (χ0) is 15.4. The van der Waals surface area contributed by atoms with Gasteiger partial charge in [-0.25, -0.2) is 0 Å². The fourth-order valence-corrected chi connectivity index (χ4v) is 3.21. The number of nitrogens with one attached hydrogen (secondary N) is 1. The number of aryl methyl sites for hydroxylation is 1. The predicted molar refractivity (Wildman–Crippen MR) is 91.5 cm³/mol. The van der Waals surface area contributed by atoms with Gasteiger partial charge in [-0.15, -0.1) is 0 Å². The molecular weight excluding hydrogens is 303 g/mol. The molecule has 0 saturated heterocycles. The summed E-state index contributed by atoms with van der Waals surface area (Å²) < 4.78 is 2.34. The van der Waals surface area contributed by atoms with Crippen LogP contribution in [-0.2, 0) is 19.5 Å². The minimum absolute atomic E-state index is 0.684. The normalized spacial score (nSPS) is 11.1. The largest absolute Gasteiger partial charge is 0.349 e. The summed E-state index contributed by atoms with van der Waals surface area (Å²) in [6.45, 7) is 9.34. The van der Waals surface area contributed by atoms with Crippen LogP contribution in [0.3, 0.4) is 0 Å². The lowest BCUT2D eigenvalue weighted by Crippen LogP contribution is -2.17. The van der Waals surface area contributed by atoms with Gasteiger partial charge in [-0.2, -0.15) is 0 Å². The van der Waals surface area contributed by atoms with Crippen molar-refractivity contribution in [2.45, 2.75) is 40.3 Å². The summed E-state index contributed by atoms with van der Waals surface area (Å²) in [5.41, 5.74) is 5.18. The van der Waals surface area contributed by atoms with Crippen LogP contribution < -0.4 is 5.32 Å². The van der Waals surface area contributed by atoms with Gasteiger partial charge in [0, 0.05) is 34.5 Å². The second-order valence-electron chi connectivity index (χ2n) is 5.30. The first-order valence-corrected chi connectivity index (χ1v) is 8.08. The highest BCUT2D eigenvalue weighted by molar-refractivity contribution is 6.35. The van der Waals surface area contributed by atoms with E-state index in [1.165, 1.54) is 17.0 Å². The highest BCUT2D eigenvalue weighted by Gasteiger charge is 2.07. The Balaban J connectivity index is 1.87. The SMILES string of the molecule is CCn1c(C)cc(CNCCc2ccc(Cl)cc2Cl)c1C. The van der Waals surface area contributed by atoms with Crippen molar-refractivity contribution in [3.8, 4) is 0 Å². The Bertz CT molecular complexity index is 617. The van der Waals surface area contributed by atoms with Gasteiger partial charge in [-0.1, -0.05) is 29.3 Å². The van der Waals surface area contributed by atoms with E-state index in [1.54, 1.807) is 6.07 Å². The van der Waals surface area contributed by atoms with Gasteiger partial charge in [0.2, 0.25) is 0 Å². The quantitative estimate of drug-likeness (QED) is 0.758. The maximum atomic E-state index is 6.18. The summed E-state index contributed by atoms with van der Waals surface area (Å²) in [5.74, 6) is 0. The lowest BCUT2D eigenvalue weighted by atomic mass is 10.1. The summed E-state index contributed by atoms with van der Waals surface area (Å²) in [5, 5.41) is 4.92. The molecule has 1 aromatic heterocycles. The van der Waals surface area contributed by atoms with E-state index in [1.807, 2.05) is 12.1 Å². The standard InChI is InChI=1S/C17H22Cl2N2/c1-4-21-12(2)9-15(13(21)3)11-20-8-7-14-5-6-16(18)10-17(14)19/h5-6,9-10,20H,4,7-8,11H2,1-3H3. The molecule has 1 aromatic carbocycles. The van der Waals surface area contributed by atoms with Gasteiger partial charge in [-0.3, -0.25) is 0 Å². The van der Waals surface area contributed by atoms with Crippen LogP contribution in [0.25, 0.3) is 0 Å². The van der Waals surface area contributed by atoms with E-state index < -0.39 is 0 Å². The van der Waals surface area contributed by atoms with Crippen LogP contribution in [0.1, 0.15) is 29.4 Å². The monoisotopic (exact) mass is 324 g/mol. The van der Waals surface area contributed by atoms with Crippen LogP contribution in [0, 0.1) is 13.8 Å². The van der Waals surface area contributed by atoms with Crippen molar-refractivity contribution in [1.29, 1.82) is 0 Å². The minimum atomic E-state index is 0.684. The Morgan fingerprint density at radius 2 is 1.86 bits per heavy atom. The number of halogens is 2. The molecule has 0 bridgehead atoms. The molecule has 0 fully saturated rings. The predicted octanol–water partition coefficient (Wildman–Crippen LogP) is 4.76. The number of aromatic nitrogens is 1. The van der Waals surface area contributed by atoms with Crippen molar-refractivity contribution in [1.82, 2.24) is 9.88 Å².